The number of likely N-dealkylation sites (tertiary alicyclic amines) is 1. The molecule has 0 saturated carbocycles. The highest BCUT2D eigenvalue weighted by Gasteiger charge is 2.32. The molecule has 0 bridgehead atoms. The number of hydrogen-bond donors (Lipinski definition) is 0. The zero-order valence-electron chi connectivity index (χ0n) is 24.8. The molecule has 1 heterocycles. The van der Waals surface area contributed by atoms with Crippen LogP contribution in [0.1, 0.15) is 72.5 Å². The molecule has 1 unspecified atom stereocenters. The fraction of sp³-hybridized carbons (Fsp3) is 0.389. The molecule has 3 aromatic carbocycles. The van der Waals surface area contributed by atoms with Crippen LogP contribution in [0.3, 0.4) is 0 Å². The summed E-state index contributed by atoms with van der Waals surface area (Å²) in [6, 6.07) is 23.2. The molecule has 42 heavy (non-hydrogen) atoms. The second-order valence-electron chi connectivity index (χ2n) is 11.2. The third-order valence-electron chi connectivity index (χ3n) is 7.59. The predicted molar refractivity (Wildman–Crippen MR) is 171 cm³/mol. The topological polar surface area (TPSA) is 55.8 Å². The van der Waals surface area contributed by atoms with Crippen LogP contribution in [0.2, 0.25) is 0 Å². The average Bonchev–Trinajstić information content (AvgIpc) is 3.51. The Hall–Kier alpha value is -3.53. The SMILES string of the molecule is C#Cc1ccc(COc2ccc(CC(C)(CN3CCCC3)SC(=O)CCCCC(=O)c3ccc(OC)cc3)cc2)cc1. The standard InChI is InChI=1S/C36H41NO4S/c1-4-28-11-13-30(14-12-28)26-41-33-19-15-29(16-20-33)25-36(2,27-37-23-7-8-24-37)42-35(39)10-6-5-9-34(38)31-17-21-32(40-3)22-18-31/h1,11-22H,5-10,23-27H2,2-3H3. The first kappa shape index (κ1) is 31.4. The van der Waals surface area contributed by atoms with Gasteiger partial charge in [0, 0.05) is 35.3 Å². The Morgan fingerprint density at radius 2 is 1.50 bits per heavy atom. The number of methoxy groups -OCH3 is 1. The van der Waals surface area contributed by atoms with E-state index in [1.165, 1.54) is 30.2 Å². The Bertz CT molecular complexity index is 1340. The maximum Gasteiger partial charge on any atom is 0.189 e. The molecule has 6 heteroatoms. The van der Waals surface area contributed by atoms with Crippen LogP contribution < -0.4 is 9.47 Å². The van der Waals surface area contributed by atoms with Crippen molar-refractivity contribution in [2.24, 2.45) is 0 Å². The van der Waals surface area contributed by atoms with Crippen molar-refractivity contribution in [3.05, 3.63) is 95.1 Å². The van der Waals surface area contributed by atoms with E-state index in [9.17, 15) is 9.59 Å². The molecule has 4 rings (SSSR count). The van der Waals surface area contributed by atoms with Crippen molar-refractivity contribution in [1.82, 2.24) is 4.90 Å². The molecule has 0 amide bonds. The molecule has 5 nitrogen and oxygen atoms in total. The van der Waals surface area contributed by atoms with Gasteiger partial charge in [-0.25, -0.2) is 0 Å². The van der Waals surface area contributed by atoms with Crippen LogP contribution in [-0.2, 0) is 17.8 Å². The van der Waals surface area contributed by atoms with Gasteiger partial charge in [-0.3, -0.25) is 9.59 Å². The molecule has 0 radical (unpaired) electrons. The molecule has 0 spiro atoms. The van der Waals surface area contributed by atoms with Crippen LogP contribution in [0.5, 0.6) is 11.5 Å². The quantitative estimate of drug-likeness (QED) is 0.106. The van der Waals surface area contributed by atoms with Crippen molar-refractivity contribution in [3.63, 3.8) is 0 Å². The van der Waals surface area contributed by atoms with E-state index < -0.39 is 0 Å². The summed E-state index contributed by atoms with van der Waals surface area (Å²) < 4.78 is 10.9. The Morgan fingerprint density at radius 1 is 0.881 bits per heavy atom. The number of carbonyl (C=O) groups excluding carboxylic acids is 2. The molecule has 0 aromatic heterocycles. The van der Waals surface area contributed by atoms with Crippen molar-refractivity contribution in [2.75, 3.05) is 26.7 Å². The lowest BCUT2D eigenvalue weighted by Gasteiger charge is -2.33. The molecule has 220 valence electrons. The first-order chi connectivity index (χ1) is 20.4. The normalized spacial score (nSPS) is 14.6. The summed E-state index contributed by atoms with van der Waals surface area (Å²) in [5, 5.41) is 0.199. The molecule has 3 aromatic rings. The molecule has 1 saturated heterocycles. The largest absolute Gasteiger partial charge is 0.497 e. The number of nitrogens with zero attached hydrogens (tertiary/aromatic N) is 1. The highest BCUT2D eigenvalue weighted by molar-refractivity contribution is 8.14. The summed E-state index contributed by atoms with van der Waals surface area (Å²) in [6.07, 6.45) is 11.0. The van der Waals surface area contributed by atoms with Crippen molar-refractivity contribution in [3.8, 4) is 23.8 Å². The number of Topliss-reactive ketones (excluding diaryl/α,β-unsaturated/α-hetero) is 1. The molecule has 0 aliphatic carbocycles. The fourth-order valence-electron chi connectivity index (χ4n) is 5.34. The summed E-state index contributed by atoms with van der Waals surface area (Å²) in [4.78, 5) is 28.1. The number of carbonyl (C=O) groups is 2. The van der Waals surface area contributed by atoms with E-state index in [0.29, 0.717) is 37.9 Å². The lowest BCUT2D eigenvalue weighted by atomic mass is 9.99. The second-order valence-corrected chi connectivity index (χ2v) is 12.9. The van der Waals surface area contributed by atoms with Crippen molar-refractivity contribution >= 4 is 22.7 Å². The minimum Gasteiger partial charge on any atom is -0.497 e. The smallest absolute Gasteiger partial charge is 0.189 e. The number of thioether (sulfide) groups is 1. The van der Waals surface area contributed by atoms with Crippen LogP contribution in [0.25, 0.3) is 0 Å². The number of terminal acetylenes is 1. The summed E-state index contributed by atoms with van der Waals surface area (Å²) in [7, 11) is 1.61. The Balaban J connectivity index is 1.28. The molecule has 0 N–H and O–H groups in total. The first-order valence-electron chi connectivity index (χ1n) is 14.7. The zero-order valence-corrected chi connectivity index (χ0v) is 25.6. The lowest BCUT2D eigenvalue weighted by Crippen LogP contribution is -2.39. The Labute approximate surface area is 255 Å². The monoisotopic (exact) mass is 583 g/mol. The van der Waals surface area contributed by atoms with E-state index in [1.807, 2.05) is 36.4 Å². The number of benzene rings is 3. The average molecular weight is 584 g/mol. The van der Waals surface area contributed by atoms with E-state index in [4.69, 9.17) is 15.9 Å². The van der Waals surface area contributed by atoms with Crippen molar-refractivity contribution in [1.29, 1.82) is 0 Å². The Morgan fingerprint density at radius 3 is 2.14 bits per heavy atom. The van der Waals surface area contributed by atoms with Gasteiger partial charge in [-0.15, -0.1) is 6.42 Å². The third-order valence-corrected chi connectivity index (χ3v) is 8.79. The van der Waals surface area contributed by atoms with Gasteiger partial charge in [0.15, 0.2) is 10.9 Å². The number of ether oxygens (including phenoxy) is 2. The minimum absolute atomic E-state index is 0.103. The maximum absolute atomic E-state index is 13.1. The molecule has 1 atom stereocenters. The van der Waals surface area contributed by atoms with Crippen LogP contribution in [-0.4, -0.2) is 47.3 Å². The number of hydrogen-bond acceptors (Lipinski definition) is 6. The van der Waals surface area contributed by atoms with Gasteiger partial charge in [-0.05, 0) is 112 Å². The van der Waals surface area contributed by atoms with E-state index in [1.54, 1.807) is 31.4 Å². The molecule has 1 aliphatic rings. The van der Waals surface area contributed by atoms with Gasteiger partial charge in [0.2, 0.25) is 0 Å². The first-order valence-corrected chi connectivity index (χ1v) is 15.6. The van der Waals surface area contributed by atoms with Gasteiger partial charge < -0.3 is 14.4 Å². The van der Waals surface area contributed by atoms with Gasteiger partial charge in [-0.2, -0.15) is 0 Å². The predicted octanol–water partition coefficient (Wildman–Crippen LogP) is 7.36. The minimum atomic E-state index is -0.235. The number of ketones is 1. The Kier molecular flexibility index (Phi) is 11.7. The van der Waals surface area contributed by atoms with Crippen molar-refractivity contribution in [2.45, 2.75) is 63.2 Å². The summed E-state index contributed by atoms with van der Waals surface area (Å²) in [5.74, 6) is 4.28. The summed E-state index contributed by atoms with van der Waals surface area (Å²) in [6.45, 7) is 5.75. The van der Waals surface area contributed by atoms with Gasteiger partial charge in [-0.1, -0.05) is 41.9 Å². The van der Waals surface area contributed by atoms with Crippen LogP contribution >= 0.6 is 11.8 Å². The van der Waals surface area contributed by atoms with E-state index in [-0.39, 0.29) is 15.6 Å². The molecule has 1 aliphatic heterocycles. The maximum atomic E-state index is 13.1. The third kappa shape index (κ3) is 9.79. The van der Waals surface area contributed by atoms with Gasteiger partial charge in [0.1, 0.15) is 18.1 Å². The van der Waals surface area contributed by atoms with Crippen molar-refractivity contribution < 1.29 is 19.1 Å². The van der Waals surface area contributed by atoms with Gasteiger partial charge in [0.25, 0.3) is 0 Å². The lowest BCUT2D eigenvalue weighted by molar-refractivity contribution is -0.111. The fourth-order valence-corrected chi connectivity index (χ4v) is 6.62. The van der Waals surface area contributed by atoms with E-state index >= 15 is 0 Å². The van der Waals surface area contributed by atoms with E-state index in [2.05, 4.69) is 29.9 Å². The summed E-state index contributed by atoms with van der Waals surface area (Å²) in [5.41, 5.74) is 3.80. The zero-order chi connectivity index (χ0) is 29.8. The summed E-state index contributed by atoms with van der Waals surface area (Å²) >= 11 is 1.48. The highest BCUT2D eigenvalue weighted by Crippen LogP contribution is 2.34. The second kappa shape index (κ2) is 15.6. The highest BCUT2D eigenvalue weighted by atomic mass is 32.2. The van der Waals surface area contributed by atoms with Crippen LogP contribution in [0, 0.1) is 12.3 Å². The molecular formula is C36H41NO4S. The number of unbranched alkanes of at least 4 members (excludes halogenated alkanes) is 1. The molecule has 1 fully saturated rings. The van der Waals surface area contributed by atoms with Crippen LogP contribution in [0.4, 0.5) is 0 Å². The molecular weight excluding hydrogens is 542 g/mol. The number of rotatable bonds is 15. The van der Waals surface area contributed by atoms with Crippen LogP contribution in [0.15, 0.2) is 72.8 Å². The van der Waals surface area contributed by atoms with E-state index in [0.717, 1.165) is 48.7 Å². The van der Waals surface area contributed by atoms with Gasteiger partial charge in [0.05, 0.1) is 7.11 Å². The van der Waals surface area contributed by atoms with Gasteiger partial charge >= 0.3 is 0 Å².